The summed E-state index contributed by atoms with van der Waals surface area (Å²) in [7, 11) is 1.52. The van der Waals surface area contributed by atoms with Gasteiger partial charge in [0.2, 0.25) is 5.95 Å². The zero-order valence-corrected chi connectivity index (χ0v) is 12.7. The Morgan fingerprint density at radius 1 is 1.23 bits per heavy atom. The van der Waals surface area contributed by atoms with E-state index in [9.17, 15) is 13.2 Å². The lowest BCUT2D eigenvalue weighted by Crippen LogP contribution is -2.26. The fraction of sp³-hybridized carbons (Fsp3) is 0.182. The van der Waals surface area contributed by atoms with Gasteiger partial charge in [-0.25, -0.2) is 19.9 Å². The van der Waals surface area contributed by atoms with Gasteiger partial charge in [-0.3, -0.25) is 0 Å². The van der Waals surface area contributed by atoms with Gasteiger partial charge in [0, 0.05) is 25.5 Å². The summed E-state index contributed by atoms with van der Waals surface area (Å²) < 4.78 is 38.7. The van der Waals surface area contributed by atoms with Gasteiger partial charge in [0.25, 0.3) is 0 Å². The lowest BCUT2D eigenvalue weighted by molar-refractivity contribution is -0.141. The highest BCUT2D eigenvalue weighted by molar-refractivity contribution is 7.99. The Hall–Kier alpha value is -2.01. The smallest absolute Gasteiger partial charge is 0.365 e. The number of nitrogens with one attached hydrogen (secondary N) is 2. The first-order valence-electron chi connectivity index (χ1n) is 5.78. The molecule has 0 atom stereocenters. The summed E-state index contributed by atoms with van der Waals surface area (Å²) in [4.78, 5) is 15.2. The maximum absolute atomic E-state index is 12.9. The van der Waals surface area contributed by atoms with Crippen LogP contribution in [0.25, 0.3) is 0 Å². The molecule has 0 saturated heterocycles. The molecule has 2 aromatic rings. The van der Waals surface area contributed by atoms with Crippen LogP contribution in [-0.4, -0.2) is 32.1 Å². The van der Waals surface area contributed by atoms with Gasteiger partial charge in [-0.05, 0) is 30.0 Å². The van der Waals surface area contributed by atoms with Crippen LogP contribution in [0.2, 0.25) is 0 Å². The molecule has 0 aliphatic carbocycles. The van der Waals surface area contributed by atoms with E-state index in [1.807, 2.05) is 0 Å². The molecule has 0 aromatic carbocycles. The van der Waals surface area contributed by atoms with E-state index in [4.69, 9.17) is 12.2 Å². The number of rotatable bonds is 3. The Morgan fingerprint density at radius 3 is 2.50 bits per heavy atom. The number of aromatic nitrogens is 4. The van der Waals surface area contributed by atoms with Crippen molar-refractivity contribution in [3.63, 3.8) is 0 Å². The van der Waals surface area contributed by atoms with Crippen molar-refractivity contribution in [1.82, 2.24) is 25.3 Å². The van der Waals surface area contributed by atoms with Crippen molar-refractivity contribution in [2.45, 2.75) is 16.4 Å². The van der Waals surface area contributed by atoms with Crippen LogP contribution in [-0.2, 0) is 6.18 Å². The van der Waals surface area contributed by atoms with E-state index < -0.39 is 11.9 Å². The van der Waals surface area contributed by atoms with Gasteiger partial charge in [0.15, 0.2) is 16.0 Å². The largest absolute Gasteiger partial charge is 0.433 e. The highest BCUT2D eigenvalue weighted by Crippen LogP contribution is 2.32. The summed E-state index contributed by atoms with van der Waals surface area (Å²) >= 11 is 5.72. The number of anilines is 1. The third-order valence-corrected chi connectivity index (χ3v) is 3.30. The molecule has 0 amide bonds. The van der Waals surface area contributed by atoms with Gasteiger partial charge in [-0.1, -0.05) is 0 Å². The Kier molecular flexibility index (Phi) is 5.08. The number of alkyl halides is 3. The highest BCUT2D eigenvalue weighted by atomic mass is 32.2. The average Bonchev–Trinajstić information content (AvgIpc) is 2.47. The van der Waals surface area contributed by atoms with Crippen molar-refractivity contribution in [2.24, 2.45) is 0 Å². The second-order valence-corrected chi connectivity index (χ2v) is 5.15. The summed E-state index contributed by atoms with van der Waals surface area (Å²) in [5.74, 6) is -0.257. The van der Waals surface area contributed by atoms with Gasteiger partial charge in [-0.15, -0.1) is 0 Å². The molecule has 22 heavy (non-hydrogen) atoms. The number of hydrogen-bond acceptors (Lipinski definition) is 6. The summed E-state index contributed by atoms with van der Waals surface area (Å²) in [6.07, 6.45) is -1.64. The van der Waals surface area contributed by atoms with E-state index in [0.717, 1.165) is 17.8 Å². The van der Waals surface area contributed by atoms with Crippen LogP contribution < -0.4 is 10.6 Å². The molecule has 0 unspecified atom stereocenters. The van der Waals surface area contributed by atoms with E-state index in [-0.39, 0.29) is 21.2 Å². The van der Waals surface area contributed by atoms with E-state index in [0.29, 0.717) is 0 Å². The number of nitrogens with zero attached hydrogens (tertiary/aromatic N) is 4. The molecule has 0 aliphatic heterocycles. The van der Waals surface area contributed by atoms with Gasteiger partial charge in [0.1, 0.15) is 5.03 Å². The normalized spacial score (nSPS) is 11.1. The Morgan fingerprint density at radius 2 is 1.91 bits per heavy atom. The van der Waals surface area contributed by atoms with Crippen LogP contribution in [0.3, 0.4) is 0 Å². The topological polar surface area (TPSA) is 75.6 Å². The van der Waals surface area contributed by atoms with Crippen LogP contribution in [0.1, 0.15) is 5.69 Å². The molecule has 0 spiro atoms. The molecular formula is C11H9F3N6S2. The molecule has 116 valence electrons. The Bertz CT molecular complexity index is 665. The van der Waals surface area contributed by atoms with Gasteiger partial charge >= 0.3 is 6.18 Å². The first-order chi connectivity index (χ1) is 10.4. The minimum atomic E-state index is -4.60. The molecule has 0 fully saturated rings. The average molecular weight is 346 g/mol. The lowest BCUT2D eigenvalue weighted by Gasteiger charge is -2.11. The summed E-state index contributed by atoms with van der Waals surface area (Å²) in [6, 6.07) is 2.43. The maximum Gasteiger partial charge on any atom is 0.433 e. The highest BCUT2D eigenvalue weighted by Gasteiger charge is 2.34. The van der Waals surface area contributed by atoms with Crippen LogP contribution in [0, 0.1) is 0 Å². The first-order valence-corrected chi connectivity index (χ1v) is 7.01. The number of halogens is 3. The van der Waals surface area contributed by atoms with Crippen molar-refractivity contribution < 1.29 is 13.2 Å². The van der Waals surface area contributed by atoms with Crippen LogP contribution in [0.5, 0.6) is 0 Å². The third-order valence-electron chi connectivity index (χ3n) is 2.18. The van der Waals surface area contributed by atoms with Crippen molar-refractivity contribution in [3.05, 3.63) is 30.2 Å². The lowest BCUT2D eigenvalue weighted by atomic mass is 10.4. The molecule has 0 bridgehead atoms. The van der Waals surface area contributed by atoms with Gasteiger partial charge in [0.05, 0.1) is 0 Å². The Balaban J connectivity index is 2.35. The summed E-state index contributed by atoms with van der Waals surface area (Å²) in [5, 5.41) is 5.47. The second kappa shape index (κ2) is 6.83. The molecular weight excluding hydrogens is 337 g/mol. The SMILES string of the molecule is CNC(=S)Nc1nc(Sc2ncccn2)cc(C(F)(F)F)n1. The van der Waals surface area contributed by atoms with E-state index in [2.05, 4.69) is 30.6 Å². The van der Waals surface area contributed by atoms with Crippen molar-refractivity contribution in [2.75, 3.05) is 12.4 Å². The van der Waals surface area contributed by atoms with E-state index in [1.54, 1.807) is 6.07 Å². The van der Waals surface area contributed by atoms with Crippen molar-refractivity contribution in [1.29, 1.82) is 0 Å². The zero-order chi connectivity index (χ0) is 16.2. The Labute approximate surface area is 133 Å². The molecule has 0 aliphatic rings. The maximum atomic E-state index is 12.9. The minimum absolute atomic E-state index is 0.0509. The van der Waals surface area contributed by atoms with E-state index in [1.165, 1.54) is 19.4 Å². The molecule has 2 heterocycles. The predicted octanol–water partition coefficient (Wildman–Crippen LogP) is 2.35. The zero-order valence-electron chi connectivity index (χ0n) is 11.0. The minimum Gasteiger partial charge on any atom is -0.365 e. The first kappa shape index (κ1) is 16.4. The van der Waals surface area contributed by atoms with Crippen LogP contribution in [0.4, 0.5) is 19.1 Å². The van der Waals surface area contributed by atoms with Gasteiger partial charge in [-0.2, -0.15) is 13.2 Å². The number of thiocarbonyl (C=S) groups is 1. The standard InChI is InChI=1S/C11H9F3N6S2/c1-15-9(21)20-8-18-6(11(12,13)14)5-7(19-8)22-10-16-3-2-4-17-10/h2-5H,1H3,(H2,15,18,19,20,21). The number of hydrogen-bond donors (Lipinski definition) is 2. The fourth-order valence-corrected chi connectivity index (χ4v) is 2.08. The second-order valence-electron chi connectivity index (χ2n) is 3.75. The van der Waals surface area contributed by atoms with Gasteiger partial charge < -0.3 is 10.6 Å². The molecule has 2 rings (SSSR count). The van der Waals surface area contributed by atoms with Crippen molar-refractivity contribution >= 4 is 35.0 Å². The molecule has 11 heteroatoms. The van der Waals surface area contributed by atoms with Crippen LogP contribution >= 0.6 is 24.0 Å². The molecule has 2 aromatic heterocycles. The van der Waals surface area contributed by atoms with Crippen LogP contribution in [0.15, 0.2) is 34.7 Å². The quantitative estimate of drug-likeness (QED) is 0.498. The van der Waals surface area contributed by atoms with Crippen molar-refractivity contribution in [3.8, 4) is 0 Å². The molecule has 2 N–H and O–H groups in total. The van der Waals surface area contributed by atoms with E-state index >= 15 is 0 Å². The fourth-order valence-electron chi connectivity index (χ4n) is 1.27. The summed E-state index contributed by atoms with van der Waals surface area (Å²) in [5.41, 5.74) is -1.08. The molecule has 6 nitrogen and oxygen atoms in total. The monoisotopic (exact) mass is 346 g/mol. The third kappa shape index (κ3) is 4.49. The molecule has 0 saturated carbocycles. The summed E-state index contributed by atoms with van der Waals surface area (Å²) in [6.45, 7) is 0. The predicted molar refractivity (Wildman–Crippen MR) is 78.5 cm³/mol. The molecule has 0 radical (unpaired) electrons.